The third-order valence-corrected chi connectivity index (χ3v) is 7.36. The molecule has 166 valence electrons. The Morgan fingerprint density at radius 1 is 0.688 bits per heavy atom. The second kappa shape index (κ2) is 7.28. The van der Waals surface area contributed by atoms with E-state index in [0.29, 0.717) is 0 Å². The number of ether oxygens (including phenoxy) is 1. The van der Waals surface area contributed by atoms with Crippen LogP contribution in [0.4, 0.5) is 0 Å². The van der Waals surface area contributed by atoms with Gasteiger partial charge in [-0.1, -0.05) is 30.3 Å². The van der Waals surface area contributed by atoms with E-state index in [-0.39, 0.29) is 28.2 Å². The highest BCUT2D eigenvalue weighted by Gasteiger charge is 2.52. The van der Waals surface area contributed by atoms with Crippen LogP contribution in [0.3, 0.4) is 0 Å². The molecule has 0 fully saturated rings. The fourth-order valence-corrected chi connectivity index (χ4v) is 6.16. The average molecular weight is 478 g/mol. The van der Waals surface area contributed by atoms with E-state index in [2.05, 4.69) is 0 Å². The maximum atomic E-state index is 13.0. The number of carbonyl (C=O) groups is 1. The number of hydrogen-bond donors (Lipinski definition) is 6. The zero-order valence-electron chi connectivity index (χ0n) is 16.0. The zero-order valence-corrected chi connectivity index (χ0v) is 17.8. The van der Waals surface area contributed by atoms with Crippen LogP contribution in [0.15, 0.2) is 60.7 Å². The molecule has 0 saturated heterocycles. The Labute approximate surface area is 180 Å². The van der Waals surface area contributed by atoms with E-state index < -0.39 is 42.9 Å². The van der Waals surface area contributed by atoms with E-state index in [1.165, 1.54) is 48.5 Å². The highest BCUT2D eigenvalue weighted by atomic mass is 31.2. The molecule has 6 N–H and O–H groups in total. The number of carbonyl (C=O) groups excluding carboxylic acids is 1. The van der Waals surface area contributed by atoms with Gasteiger partial charge in [0.15, 0.2) is 5.60 Å². The van der Waals surface area contributed by atoms with Crippen LogP contribution < -0.4 is 10.6 Å². The summed E-state index contributed by atoms with van der Waals surface area (Å²) in [5.41, 5.74) is -1.91. The van der Waals surface area contributed by atoms with Crippen molar-refractivity contribution in [2.75, 3.05) is 0 Å². The monoisotopic (exact) mass is 478 g/mol. The van der Waals surface area contributed by atoms with Crippen LogP contribution in [0.5, 0.6) is 11.5 Å². The largest absolute Gasteiger partial charge is 0.508 e. The number of fused-ring (bicyclic) bond motifs is 1. The van der Waals surface area contributed by atoms with Gasteiger partial charge in [0, 0.05) is 16.7 Å². The molecule has 0 saturated carbocycles. The molecular formula is C20H16O10P2. The van der Waals surface area contributed by atoms with Gasteiger partial charge in [0.25, 0.3) is 0 Å². The average Bonchev–Trinajstić information content (AvgIpc) is 3.00. The Kier molecular flexibility index (Phi) is 5.06. The number of aromatic hydroxyl groups is 2. The molecule has 0 bridgehead atoms. The molecule has 3 aromatic carbocycles. The highest BCUT2D eigenvalue weighted by molar-refractivity contribution is 7.67. The zero-order chi connectivity index (χ0) is 23.5. The second-order valence-corrected chi connectivity index (χ2v) is 10.2. The number of hydrogen-bond acceptors (Lipinski definition) is 6. The van der Waals surface area contributed by atoms with Crippen molar-refractivity contribution in [1.82, 2.24) is 0 Å². The van der Waals surface area contributed by atoms with Crippen molar-refractivity contribution in [3.63, 3.8) is 0 Å². The fourth-order valence-electron chi connectivity index (χ4n) is 3.84. The van der Waals surface area contributed by atoms with Gasteiger partial charge in [-0.25, -0.2) is 4.79 Å². The van der Waals surface area contributed by atoms with Gasteiger partial charge < -0.3 is 34.5 Å². The minimum atomic E-state index is -5.36. The van der Waals surface area contributed by atoms with Crippen LogP contribution in [0, 0.1) is 0 Å². The lowest BCUT2D eigenvalue weighted by Gasteiger charge is -2.30. The second-order valence-electron chi connectivity index (χ2n) is 7.11. The van der Waals surface area contributed by atoms with Crippen LogP contribution in [-0.2, 0) is 19.5 Å². The van der Waals surface area contributed by atoms with Crippen molar-refractivity contribution < 1.29 is 48.4 Å². The molecule has 1 heterocycles. The van der Waals surface area contributed by atoms with Crippen molar-refractivity contribution >= 4 is 31.8 Å². The lowest BCUT2D eigenvalue weighted by atomic mass is 9.80. The summed E-state index contributed by atoms with van der Waals surface area (Å²) in [5, 5.41) is 17.3. The standard InChI is InChI=1S/C20H16O10P2/c21-13-5-1-11(2-6-13)20(12-3-7-14(22)8-4-12)15-9-10-16(31(24,25)26)18(32(27,28)29)17(15)19(23)30-20/h1-10,21-22H,(H2,24,25,26)(H2,27,28,29). The topological polar surface area (TPSA) is 182 Å². The number of phenols is 2. The number of benzene rings is 3. The van der Waals surface area contributed by atoms with Crippen LogP contribution in [0.2, 0.25) is 0 Å². The molecule has 0 radical (unpaired) electrons. The van der Waals surface area contributed by atoms with Gasteiger partial charge in [0.2, 0.25) is 0 Å². The van der Waals surface area contributed by atoms with E-state index in [0.717, 1.165) is 12.1 Å². The minimum absolute atomic E-state index is 0.0607. The molecule has 1 aliphatic heterocycles. The molecule has 0 aliphatic carbocycles. The number of cyclic esters (lactones) is 1. The van der Waals surface area contributed by atoms with Gasteiger partial charge in [0.05, 0.1) is 16.2 Å². The maximum Gasteiger partial charge on any atom is 0.358 e. The molecule has 0 atom stereocenters. The summed E-state index contributed by atoms with van der Waals surface area (Å²) in [5.74, 6) is -1.38. The quantitative estimate of drug-likeness (QED) is 0.235. The summed E-state index contributed by atoms with van der Waals surface area (Å²) in [7, 11) is -10.5. The van der Waals surface area contributed by atoms with Gasteiger partial charge in [-0.3, -0.25) is 9.13 Å². The smallest absolute Gasteiger partial charge is 0.358 e. The van der Waals surface area contributed by atoms with E-state index in [9.17, 15) is 43.7 Å². The molecule has 0 amide bonds. The first-order valence-corrected chi connectivity index (χ1v) is 12.2. The Morgan fingerprint density at radius 3 is 1.56 bits per heavy atom. The highest BCUT2D eigenvalue weighted by Crippen LogP contribution is 2.51. The molecule has 32 heavy (non-hydrogen) atoms. The molecule has 0 unspecified atom stereocenters. The van der Waals surface area contributed by atoms with Gasteiger partial charge >= 0.3 is 21.2 Å². The van der Waals surface area contributed by atoms with Crippen molar-refractivity contribution in [3.05, 3.63) is 82.9 Å². The number of rotatable bonds is 4. The molecule has 3 aromatic rings. The predicted octanol–water partition coefficient (Wildman–Crippen LogP) is 1.17. The predicted molar refractivity (Wildman–Crippen MR) is 111 cm³/mol. The summed E-state index contributed by atoms with van der Waals surface area (Å²) >= 11 is 0. The van der Waals surface area contributed by atoms with Crippen LogP contribution in [0.25, 0.3) is 0 Å². The summed E-state index contributed by atoms with van der Waals surface area (Å²) in [6, 6.07) is 13.0. The van der Waals surface area contributed by atoms with E-state index >= 15 is 0 Å². The Balaban J connectivity index is 2.15. The van der Waals surface area contributed by atoms with E-state index in [4.69, 9.17) is 4.74 Å². The van der Waals surface area contributed by atoms with Crippen molar-refractivity contribution in [3.8, 4) is 11.5 Å². The molecule has 10 nitrogen and oxygen atoms in total. The summed E-state index contributed by atoms with van der Waals surface area (Å²) in [6.07, 6.45) is 0. The van der Waals surface area contributed by atoms with Gasteiger partial charge in [-0.15, -0.1) is 0 Å². The van der Waals surface area contributed by atoms with Crippen molar-refractivity contribution in [2.24, 2.45) is 0 Å². The van der Waals surface area contributed by atoms with Crippen LogP contribution in [-0.4, -0.2) is 35.8 Å². The first-order valence-electron chi connectivity index (χ1n) is 8.98. The minimum Gasteiger partial charge on any atom is -0.508 e. The third kappa shape index (κ3) is 3.43. The normalized spacial score (nSPS) is 15.3. The Hall–Kier alpha value is -2.97. The number of phenolic OH excluding ortho intramolecular Hbond substituents is 2. The fraction of sp³-hybridized carbons (Fsp3) is 0.0500. The van der Waals surface area contributed by atoms with Crippen molar-refractivity contribution in [2.45, 2.75) is 5.60 Å². The Bertz CT molecular complexity index is 1270. The Morgan fingerprint density at radius 2 is 1.16 bits per heavy atom. The van der Waals surface area contributed by atoms with Gasteiger partial charge in [0.1, 0.15) is 11.5 Å². The lowest BCUT2D eigenvalue weighted by molar-refractivity contribution is 0.0252. The van der Waals surface area contributed by atoms with E-state index in [1.54, 1.807) is 0 Å². The summed E-state index contributed by atoms with van der Waals surface area (Å²) in [4.78, 5) is 52.0. The molecule has 12 heteroatoms. The molecule has 4 rings (SSSR count). The van der Waals surface area contributed by atoms with Crippen molar-refractivity contribution in [1.29, 1.82) is 0 Å². The maximum absolute atomic E-state index is 13.0. The lowest BCUT2D eigenvalue weighted by Crippen LogP contribution is -2.32. The first kappa shape index (κ1) is 22.2. The van der Waals surface area contributed by atoms with Gasteiger partial charge in [-0.2, -0.15) is 0 Å². The summed E-state index contributed by atoms with van der Waals surface area (Å²) in [6.45, 7) is 0. The molecular weight excluding hydrogens is 462 g/mol. The first-order chi connectivity index (χ1) is 14.9. The van der Waals surface area contributed by atoms with Crippen LogP contribution >= 0.6 is 15.2 Å². The third-order valence-electron chi connectivity index (χ3n) is 5.14. The number of esters is 1. The van der Waals surface area contributed by atoms with Gasteiger partial charge in [-0.05, 0) is 30.3 Å². The molecule has 0 aromatic heterocycles. The SMILES string of the molecule is O=C1OC(c2ccc(O)cc2)(c2ccc(O)cc2)c2ccc(P(=O)(O)O)c(P(=O)(O)O)c21. The summed E-state index contributed by atoms with van der Waals surface area (Å²) < 4.78 is 29.9. The van der Waals surface area contributed by atoms with E-state index in [1.807, 2.05) is 0 Å². The van der Waals surface area contributed by atoms with Crippen LogP contribution in [0.1, 0.15) is 27.0 Å². The molecule has 1 aliphatic rings. The molecule has 0 spiro atoms.